The van der Waals surface area contributed by atoms with Crippen LogP contribution in [0, 0.1) is 6.92 Å². The Balaban J connectivity index is 2.11. The third kappa shape index (κ3) is 7.71. The van der Waals surface area contributed by atoms with E-state index >= 15 is 0 Å². The van der Waals surface area contributed by atoms with Gasteiger partial charge in [-0.2, -0.15) is 0 Å². The van der Waals surface area contributed by atoms with E-state index in [1.165, 1.54) is 32.1 Å². The lowest BCUT2D eigenvalue weighted by Crippen LogP contribution is -2.19. The molecule has 1 rings (SSSR count). The zero-order valence-corrected chi connectivity index (χ0v) is 13.3. The van der Waals surface area contributed by atoms with Gasteiger partial charge in [0.05, 0.1) is 11.4 Å². The predicted octanol–water partition coefficient (Wildman–Crippen LogP) is 3.89. The molecule has 0 aromatic heterocycles. The van der Waals surface area contributed by atoms with Crippen LogP contribution in [0.1, 0.15) is 51.0 Å². The first-order chi connectivity index (χ1) is 10.1. The zero-order chi connectivity index (χ0) is 15.5. The van der Waals surface area contributed by atoms with Gasteiger partial charge in [0.1, 0.15) is 6.61 Å². The number of benzene rings is 1. The van der Waals surface area contributed by atoms with Crippen LogP contribution in [0.5, 0.6) is 0 Å². The maximum Gasteiger partial charge on any atom is 0.250 e. The summed E-state index contributed by atoms with van der Waals surface area (Å²) in [6.45, 7) is 4.90. The van der Waals surface area contributed by atoms with E-state index in [0.717, 1.165) is 12.0 Å². The van der Waals surface area contributed by atoms with Gasteiger partial charge in [0.2, 0.25) is 5.91 Å². The molecule has 0 fully saturated rings. The Bertz CT molecular complexity index is 433. The number of nitrogens with one attached hydrogen (secondary N) is 1. The average molecular weight is 292 g/mol. The molecule has 118 valence electrons. The van der Waals surface area contributed by atoms with Gasteiger partial charge in [-0.05, 0) is 31.0 Å². The van der Waals surface area contributed by atoms with E-state index in [1.807, 2.05) is 25.1 Å². The van der Waals surface area contributed by atoms with E-state index in [2.05, 4.69) is 12.2 Å². The smallest absolute Gasteiger partial charge is 0.250 e. The van der Waals surface area contributed by atoms with Gasteiger partial charge >= 0.3 is 0 Å². The minimum atomic E-state index is -0.156. The van der Waals surface area contributed by atoms with Crippen LogP contribution in [0.2, 0.25) is 0 Å². The summed E-state index contributed by atoms with van der Waals surface area (Å²) in [5.41, 5.74) is 8.15. The number of ether oxygens (including phenoxy) is 1. The van der Waals surface area contributed by atoms with Crippen LogP contribution in [0.25, 0.3) is 0 Å². The quantitative estimate of drug-likeness (QED) is 0.508. The fourth-order valence-corrected chi connectivity index (χ4v) is 2.13. The summed E-state index contributed by atoms with van der Waals surface area (Å²) in [7, 11) is 0. The molecule has 0 saturated carbocycles. The molecular weight excluding hydrogens is 264 g/mol. The van der Waals surface area contributed by atoms with Gasteiger partial charge in [-0.1, -0.05) is 45.1 Å². The molecule has 0 unspecified atom stereocenters. The van der Waals surface area contributed by atoms with Crippen LogP contribution in [0.4, 0.5) is 11.4 Å². The van der Waals surface area contributed by atoms with Crippen molar-refractivity contribution in [3.8, 4) is 0 Å². The molecule has 3 N–H and O–H groups in total. The normalized spacial score (nSPS) is 10.6. The van der Waals surface area contributed by atoms with Gasteiger partial charge in [-0.3, -0.25) is 4.79 Å². The van der Waals surface area contributed by atoms with Crippen LogP contribution in [0.3, 0.4) is 0 Å². The minimum Gasteiger partial charge on any atom is -0.397 e. The predicted molar refractivity (Wildman–Crippen MR) is 88.4 cm³/mol. The summed E-state index contributed by atoms with van der Waals surface area (Å²) in [6.07, 6.45) is 7.31. The SMILES string of the molecule is CCCCCCCCOCC(=O)Nc1ccc(C)cc1N. The number of rotatable bonds is 10. The van der Waals surface area contributed by atoms with Crippen molar-refractivity contribution in [1.29, 1.82) is 0 Å². The van der Waals surface area contributed by atoms with Gasteiger partial charge < -0.3 is 15.8 Å². The molecule has 0 heterocycles. The number of carbonyl (C=O) groups excluding carboxylic acids is 1. The Labute approximate surface area is 128 Å². The number of carbonyl (C=O) groups is 1. The average Bonchev–Trinajstić information content (AvgIpc) is 2.45. The molecule has 0 radical (unpaired) electrons. The largest absolute Gasteiger partial charge is 0.397 e. The Morgan fingerprint density at radius 2 is 1.90 bits per heavy atom. The summed E-state index contributed by atoms with van der Waals surface area (Å²) in [5.74, 6) is -0.156. The fourth-order valence-electron chi connectivity index (χ4n) is 2.13. The number of nitrogens with two attached hydrogens (primary N) is 1. The lowest BCUT2D eigenvalue weighted by molar-refractivity contribution is -0.120. The van der Waals surface area contributed by atoms with Crippen molar-refractivity contribution >= 4 is 17.3 Å². The van der Waals surface area contributed by atoms with Crippen LogP contribution in [-0.4, -0.2) is 19.1 Å². The van der Waals surface area contributed by atoms with Crippen molar-refractivity contribution in [3.05, 3.63) is 23.8 Å². The Kier molecular flexibility index (Phi) is 8.51. The van der Waals surface area contributed by atoms with Crippen molar-refractivity contribution in [2.45, 2.75) is 52.4 Å². The van der Waals surface area contributed by atoms with E-state index in [-0.39, 0.29) is 12.5 Å². The van der Waals surface area contributed by atoms with E-state index in [9.17, 15) is 4.79 Å². The number of anilines is 2. The molecule has 1 aromatic rings. The summed E-state index contributed by atoms with van der Waals surface area (Å²) >= 11 is 0. The summed E-state index contributed by atoms with van der Waals surface area (Å²) in [4.78, 5) is 11.7. The van der Waals surface area contributed by atoms with Gasteiger partial charge in [-0.15, -0.1) is 0 Å². The van der Waals surface area contributed by atoms with Crippen LogP contribution < -0.4 is 11.1 Å². The second-order valence-corrected chi connectivity index (χ2v) is 5.46. The first kappa shape index (κ1) is 17.5. The van der Waals surface area contributed by atoms with Gasteiger partial charge in [0.25, 0.3) is 0 Å². The monoisotopic (exact) mass is 292 g/mol. The van der Waals surface area contributed by atoms with Crippen LogP contribution >= 0.6 is 0 Å². The van der Waals surface area contributed by atoms with Crippen LogP contribution in [-0.2, 0) is 9.53 Å². The molecule has 0 aliphatic heterocycles. The third-order valence-electron chi connectivity index (χ3n) is 3.36. The van der Waals surface area contributed by atoms with Gasteiger partial charge in [0.15, 0.2) is 0 Å². The highest BCUT2D eigenvalue weighted by Gasteiger charge is 2.05. The van der Waals surface area contributed by atoms with Crippen molar-refractivity contribution in [3.63, 3.8) is 0 Å². The molecule has 21 heavy (non-hydrogen) atoms. The first-order valence-electron chi connectivity index (χ1n) is 7.87. The topological polar surface area (TPSA) is 64.3 Å². The van der Waals surface area contributed by atoms with E-state index in [0.29, 0.717) is 18.0 Å². The van der Waals surface area contributed by atoms with Gasteiger partial charge in [-0.25, -0.2) is 0 Å². The lowest BCUT2D eigenvalue weighted by Gasteiger charge is -2.09. The number of aryl methyl sites for hydroxylation is 1. The standard InChI is InChI=1S/C17H28N2O2/c1-3-4-5-6-7-8-11-21-13-17(20)19-16-10-9-14(2)12-15(16)18/h9-10,12H,3-8,11,13,18H2,1-2H3,(H,19,20). The maximum absolute atomic E-state index is 11.7. The molecule has 0 saturated heterocycles. The Morgan fingerprint density at radius 1 is 1.19 bits per heavy atom. The molecular formula is C17H28N2O2. The highest BCUT2D eigenvalue weighted by Crippen LogP contribution is 2.19. The van der Waals surface area contributed by atoms with Crippen molar-refractivity contribution in [2.75, 3.05) is 24.3 Å². The second kappa shape index (κ2) is 10.2. The molecule has 0 aliphatic carbocycles. The lowest BCUT2D eigenvalue weighted by atomic mass is 10.1. The molecule has 4 nitrogen and oxygen atoms in total. The van der Waals surface area contributed by atoms with E-state index in [4.69, 9.17) is 10.5 Å². The first-order valence-corrected chi connectivity index (χ1v) is 7.87. The van der Waals surface area contributed by atoms with Crippen molar-refractivity contribution in [1.82, 2.24) is 0 Å². The molecule has 1 amide bonds. The Morgan fingerprint density at radius 3 is 2.62 bits per heavy atom. The molecule has 0 atom stereocenters. The summed E-state index contributed by atoms with van der Waals surface area (Å²) < 4.78 is 5.38. The maximum atomic E-state index is 11.7. The number of hydrogen-bond donors (Lipinski definition) is 2. The number of nitrogen functional groups attached to an aromatic ring is 1. The highest BCUT2D eigenvalue weighted by molar-refractivity contribution is 5.94. The number of amides is 1. The summed E-state index contributed by atoms with van der Waals surface area (Å²) in [5, 5.41) is 2.77. The van der Waals surface area contributed by atoms with Crippen molar-refractivity contribution < 1.29 is 9.53 Å². The molecule has 0 aliphatic rings. The Hall–Kier alpha value is -1.55. The number of hydrogen-bond acceptors (Lipinski definition) is 3. The fraction of sp³-hybridized carbons (Fsp3) is 0.588. The molecule has 0 spiro atoms. The zero-order valence-electron chi connectivity index (χ0n) is 13.3. The summed E-state index contributed by atoms with van der Waals surface area (Å²) in [6, 6.07) is 5.58. The third-order valence-corrected chi connectivity index (χ3v) is 3.36. The van der Waals surface area contributed by atoms with E-state index < -0.39 is 0 Å². The van der Waals surface area contributed by atoms with Crippen LogP contribution in [0.15, 0.2) is 18.2 Å². The number of unbranched alkanes of at least 4 members (excludes halogenated alkanes) is 5. The molecule has 1 aromatic carbocycles. The van der Waals surface area contributed by atoms with Crippen molar-refractivity contribution in [2.24, 2.45) is 0 Å². The molecule has 0 bridgehead atoms. The van der Waals surface area contributed by atoms with E-state index in [1.54, 1.807) is 0 Å². The minimum absolute atomic E-state index is 0.0856. The highest BCUT2D eigenvalue weighted by atomic mass is 16.5. The van der Waals surface area contributed by atoms with Gasteiger partial charge in [0, 0.05) is 6.61 Å². The second-order valence-electron chi connectivity index (χ2n) is 5.46. The molecule has 4 heteroatoms.